The van der Waals surface area contributed by atoms with Crippen molar-refractivity contribution in [1.29, 1.82) is 0 Å². The Morgan fingerprint density at radius 1 is 1.31 bits per heavy atom. The molecule has 1 saturated heterocycles. The summed E-state index contributed by atoms with van der Waals surface area (Å²) in [5, 5.41) is 3.38. The first-order valence-electron chi connectivity index (χ1n) is 5.81. The number of aromatic nitrogens is 2. The van der Waals surface area contributed by atoms with Crippen LogP contribution in [0.3, 0.4) is 0 Å². The summed E-state index contributed by atoms with van der Waals surface area (Å²) in [5.74, 6) is 2.03. The second-order valence-electron chi connectivity index (χ2n) is 4.52. The zero-order valence-electron chi connectivity index (χ0n) is 9.94. The van der Waals surface area contributed by atoms with E-state index in [1.807, 2.05) is 6.20 Å². The fourth-order valence-electron chi connectivity index (χ4n) is 2.01. The molecule has 1 aromatic heterocycles. The Labute approximate surface area is 103 Å². The molecule has 4 heteroatoms. The van der Waals surface area contributed by atoms with Gasteiger partial charge in [0.25, 0.3) is 0 Å². The van der Waals surface area contributed by atoms with Crippen molar-refractivity contribution >= 4 is 12.4 Å². The summed E-state index contributed by atoms with van der Waals surface area (Å²) in [6.07, 6.45) is 4.31. The highest BCUT2D eigenvalue weighted by Gasteiger charge is 2.17. The van der Waals surface area contributed by atoms with Gasteiger partial charge in [-0.2, -0.15) is 0 Å². The van der Waals surface area contributed by atoms with Crippen molar-refractivity contribution in [2.24, 2.45) is 0 Å². The monoisotopic (exact) mass is 241 g/mol. The van der Waals surface area contributed by atoms with E-state index >= 15 is 0 Å². The first-order chi connectivity index (χ1) is 7.27. The summed E-state index contributed by atoms with van der Waals surface area (Å²) in [7, 11) is 0. The Kier molecular flexibility index (Phi) is 5.16. The van der Waals surface area contributed by atoms with E-state index in [-0.39, 0.29) is 12.4 Å². The molecule has 0 amide bonds. The maximum absolute atomic E-state index is 4.66. The van der Waals surface area contributed by atoms with Crippen LogP contribution in [0.1, 0.15) is 50.0 Å². The van der Waals surface area contributed by atoms with E-state index in [0.29, 0.717) is 11.8 Å². The summed E-state index contributed by atoms with van der Waals surface area (Å²) in [4.78, 5) is 8.96. The van der Waals surface area contributed by atoms with Crippen molar-refractivity contribution in [2.75, 3.05) is 13.1 Å². The van der Waals surface area contributed by atoms with Gasteiger partial charge in [0.1, 0.15) is 5.82 Å². The van der Waals surface area contributed by atoms with Gasteiger partial charge in [0.2, 0.25) is 0 Å². The highest BCUT2D eigenvalue weighted by Crippen LogP contribution is 2.23. The molecule has 0 unspecified atom stereocenters. The lowest BCUT2D eigenvalue weighted by Crippen LogP contribution is -2.27. The summed E-state index contributed by atoms with van der Waals surface area (Å²) in [6.45, 7) is 6.51. The number of nitrogens with one attached hydrogen (secondary N) is 1. The molecule has 2 heterocycles. The molecule has 0 bridgehead atoms. The molecule has 0 aliphatic carbocycles. The van der Waals surface area contributed by atoms with Gasteiger partial charge >= 0.3 is 0 Å². The van der Waals surface area contributed by atoms with Crippen LogP contribution >= 0.6 is 12.4 Å². The zero-order valence-corrected chi connectivity index (χ0v) is 10.8. The minimum absolute atomic E-state index is 0. The highest BCUT2D eigenvalue weighted by molar-refractivity contribution is 5.85. The average Bonchev–Trinajstić information content (AvgIpc) is 2.30. The van der Waals surface area contributed by atoms with Crippen molar-refractivity contribution in [1.82, 2.24) is 15.3 Å². The molecule has 2 rings (SSSR count). The van der Waals surface area contributed by atoms with Gasteiger partial charge < -0.3 is 5.32 Å². The molecule has 0 atom stereocenters. The second kappa shape index (κ2) is 6.16. The van der Waals surface area contributed by atoms with Crippen molar-refractivity contribution < 1.29 is 0 Å². The number of piperidine rings is 1. The van der Waals surface area contributed by atoms with Crippen molar-refractivity contribution in [3.05, 3.63) is 23.8 Å². The van der Waals surface area contributed by atoms with Gasteiger partial charge in [0.15, 0.2) is 0 Å². The number of halogens is 1. The summed E-state index contributed by atoms with van der Waals surface area (Å²) in [5.41, 5.74) is 1.23. The molecule has 1 aromatic rings. The minimum atomic E-state index is 0. The van der Waals surface area contributed by atoms with Gasteiger partial charge in [0, 0.05) is 23.7 Å². The molecule has 0 radical (unpaired) electrons. The van der Waals surface area contributed by atoms with Gasteiger partial charge in [-0.05, 0) is 32.0 Å². The molecule has 3 nitrogen and oxygen atoms in total. The standard InChI is InChI=1S/C12H19N3.ClH/c1-9(2)12-14-8-5-11(15-12)10-3-6-13-7-4-10;/h5,8-10,13H,3-4,6-7H2,1-2H3;1H. The lowest BCUT2D eigenvalue weighted by Gasteiger charge is -2.22. The van der Waals surface area contributed by atoms with E-state index in [4.69, 9.17) is 0 Å². The van der Waals surface area contributed by atoms with Gasteiger partial charge in [-0.1, -0.05) is 13.8 Å². The van der Waals surface area contributed by atoms with Crippen LogP contribution < -0.4 is 5.32 Å². The van der Waals surface area contributed by atoms with Crippen LogP contribution in [0.4, 0.5) is 0 Å². The number of rotatable bonds is 2. The maximum atomic E-state index is 4.66. The van der Waals surface area contributed by atoms with E-state index in [9.17, 15) is 0 Å². The molecule has 0 spiro atoms. The zero-order chi connectivity index (χ0) is 10.7. The van der Waals surface area contributed by atoms with Crippen LogP contribution in [0.15, 0.2) is 12.3 Å². The van der Waals surface area contributed by atoms with E-state index in [2.05, 4.69) is 35.2 Å². The molecular formula is C12H20ClN3. The SMILES string of the molecule is CC(C)c1nccc(C2CCNCC2)n1.Cl. The van der Waals surface area contributed by atoms with Crippen LogP contribution in [0.25, 0.3) is 0 Å². The second-order valence-corrected chi connectivity index (χ2v) is 4.52. The number of hydrogen-bond donors (Lipinski definition) is 1. The predicted octanol–water partition coefficient (Wildman–Crippen LogP) is 2.49. The largest absolute Gasteiger partial charge is 0.317 e. The number of hydrogen-bond acceptors (Lipinski definition) is 3. The first-order valence-corrected chi connectivity index (χ1v) is 5.81. The van der Waals surface area contributed by atoms with E-state index in [0.717, 1.165) is 18.9 Å². The Bertz CT molecular complexity index is 322. The Morgan fingerprint density at radius 3 is 2.62 bits per heavy atom. The maximum Gasteiger partial charge on any atom is 0.131 e. The van der Waals surface area contributed by atoms with Crippen LogP contribution in [-0.4, -0.2) is 23.1 Å². The smallest absolute Gasteiger partial charge is 0.131 e. The lowest BCUT2D eigenvalue weighted by atomic mass is 9.94. The van der Waals surface area contributed by atoms with Crippen LogP contribution in [0, 0.1) is 0 Å². The first kappa shape index (κ1) is 13.4. The Balaban J connectivity index is 0.00000128. The topological polar surface area (TPSA) is 37.8 Å². The van der Waals surface area contributed by atoms with Crippen molar-refractivity contribution in [3.63, 3.8) is 0 Å². The normalized spacial score (nSPS) is 17.2. The Hall–Kier alpha value is -0.670. The lowest BCUT2D eigenvalue weighted by molar-refractivity contribution is 0.451. The van der Waals surface area contributed by atoms with Crippen molar-refractivity contribution in [2.45, 2.75) is 38.5 Å². The number of nitrogens with zero attached hydrogens (tertiary/aromatic N) is 2. The fraction of sp³-hybridized carbons (Fsp3) is 0.667. The van der Waals surface area contributed by atoms with E-state index < -0.39 is 0 Å². The van der Waals surface area contributed by atoms with Gasteiger partial charge in [-0.15, -0.1) is 12.4 Å². The van der Waals surface area contributed by atoms with Crippen LogP contribution in [-0.2, 0) is 0 Å². The van der Waals surface area contributed by atoms with Gasteiger partial charge in [-0.3, -0.25) is 0 Å². The fourth-order valence-corrected chi connectivity index (χ4v) is 2.01. The molecule has 1 N–H and O–H groups in total. The molecule has 1 fully saturated rings. The molecule has 1 aliphatic heterocycles. The minimum Gasteiger partial charge on any atom is -0.317 e. The molecule has 90 valence electrons. The van der Waals surface area contributed by atoms with E-state index in [1.165, 1.54) is 18.5 Å². The molecule has 0 aromatic carbocycles. The average molecular weight is 242 g/mol. The highest BCUT2D eigenvalue weighted by atomic mass is 35.5. The third-order valence-corrected chi connectivity index (χ3v) is 2.97. The molecule has 1 aliphatic rings. The van der Waals surface area contributed by atoms with Crippen molar-refractivity contribution in [3.8, 4) is 0 Å². The van der Waals surface area contributed by atoms with E-state index in [1.54, 1.807) is 0 Å². The third-order valence-electron chi connectivity index (χ3n) is 2.97. The van der Waals surface area contributed by atoms with Gasteiger partial charge in [-0.25, -0.2) is 9.97 Å². The third kappa shape index (κ3) is 3.16. The van der Waals surface area contributed by atoms with Crippen LogP contribution in [0.2, 0.25) is 0 Å². The van der Waals surface area contributed by atoms with Gasteiger partial charge in [0.05, 0.1) is 0 Å². The quantitative estimate of drug-likeness (QED) is 0.865. The Morgan fingerprint density at radius 2 is 2.00 bits per heavy atom. The summed E-state index contributed by atoms with van der Waals surface area (Å²) in [6, 6.07) is 2.07. The predicted molar refractivity (Wildman–Crippen MR) is 68.2 cm³/mol. The summed E-state index contributed by atoms with van der Waals surface area (Å²) < 4.78 is 0. The molecule has 0 saturated carbocycles. The summed E-state index contributed by atoms with van der Waals surface area (Å²) >= 11 is 0. The molecular weight excluding hydrogens is 222 g/mol. The van der Waals surface area contributed by atoms with Crippen LogP contribution in [0.5, 0.6) is 0 Å². The molecule has 16 heavy (non-hydrogen) atoms.